The van der Waals surface area contributed by atoms with Gasteiger partial charge in [-0.05, 0) is 19.4 Å². The summed E-state index contributed by atoms with van der Waals surface area (Å²) in [6, 6.07) is 1.69. The second-order valence-electron chi connectivity index (χ2n) is 4.66. The fourth-order valence-electron chi connectivity index (χ4n) is 1.48. The Labute approximate surface area is 107 Å². The second kappa shape index (κ2) is 7.26. The monoisotopic (exact) mass is 258 g/mol. The maximum atomic E-state index is 12.2. The Hall–Kier alpha value is -1.23. The summed E-state index contributed by atoms with van der Waals surface area (Å²) in [7, 11) is 0. The number of halogens is 2. The summed E-state index contributed by atoms with van der Waals surface area (Å²) in [6.45, 7) is 6.87. The van der Waals surface area contributed by atoms with E-state index in [0.29, 0.717) is 18.2 Å². The number of ether oxygens (including phenoxy) is 1. The molecule has 0 aliphatic carbocycles. The first kappa shape index (κ1) is 14.8. The van der Waals surface area contributed by atoms with Gasteiger partial charge in [-0.3, -0.25) is 4.98 Å². The van der Waals surface area contributed by atoms with E-state index in [1.807, 2.05) is 0 Å². The zero-order valence-corrected chi connectivity index (χ0v) is 11.0. The highest BCUT2D eigenvalue weighted by molar-refractivity contribution is 5.32. The van der Waals surface area contributed by atoms with Crippen LogP contribution in [0.1, 0.15) is 25.1 Å². The smallest absolute Gasteiger partial charge is 0.272 e. The Morgan fingerprint density at radius 2 is 2.11 bits per heavy atom. The van der Waals surface area contributed by atoms with Crippen molar-refractivity contribution in [2.45, 2.75) is 33.7 Å². The summed E-state index contributed by atoms with van der Waals surface area (Å²) in [5.41, 5.74) is 1.56. The molecule has 0 bridgehead atoms. The van der Waals surface area contributed by atoms with Gasteiger partial charge in [-0.1, -0.05) is 13.8 Å². The molecule has 0 atom stereocenters. The van der Waals surface area contributed by atoms with Gasteiger partial charge in [0, 0.05) is 30.1 Å². The molecular formula is C13H20F2N2O. The molecule has 1 aromatic heterocycles. The van der Waals surface area contributed by atoms with Crippen LogP contribution in [0.2, 0.25) is 0 Å². The molecule has 0 fully saturated rings. The van der Waals surface area contributed by atoms with E-state index in [1.54, 1.807) is 19.2 Å². The zero-order valence-electron chi connectivity index (χ0n) is 11.0. The molecule has 0 aromatic carbocycles. The SMILES string of the molecule is Cc1cc(OCC(F)F)c(CNCC(C)C)cn1. The van der Waals surface area contributed by atoms with E-state index in [1.165, 1.54) is 0 Å². The van der Waals surface area contributed by atoms with Gasteiger partial charge in [0.25, 0.3) is 6.43 Å². The number of nitrogens with zero attached hydrogens (tertiary/aromatic N) is 1. The van der Waals surface area contributed by atoms with Crippen molar-refractivity contribution in [1.29, 1.82) is 0 Å². The number of rotatable bonds is 7. The molecule has 0 saturated carbocycles. The minimum Gasteiger partial charge on any atom is -0.487 e. The molecule has 5 heteroatoms. The van der Waals surface area contributed by atoms with Gasteiger partial charge in [-0.15, -0.1) is 0 Å². The van der Waals surface area contributed by atoms with Crippen molar-refractivity contribution in [1.82, 2.24) is 10.3 Å². The lowest BCUT2D eigenvalue weighted by Crippen LogP contribution is -2.20. The largest absolute Gasteiger partial charge is 0.487 e. The standard InChI is InChI=1S/C13H20F2N2O/c1-9(2)5-16-6-11-7-17-10(3)4-12(11)18-8-13(14)15/h4,7,9,13,16H,5-6,8H2,1-3H3. The molecule has 18 heavy (non-hydrogen) atoms. The summed E-state index contributed by atoms with van der Waals surface area (Å²) in [5, 5.41) is 3.24. The highest BCUT2D eigenvalue weighted by Crippen LogP contribution is 2.19. The number of hydrogen-bond acceptors (Lipinski definition) is 3. The molecule has 1 N–H and O–H groups in total. The quantitative estimate of drug-likeness (QED) is 0.816. The molecule has 1 heterocycles. The van der Waals surface area contributed by atoms with E-state index in [4.69, 9.17) is 4.74 Å². The van der Waals surface area contributed by atoms with Crippen LogP contribution in [-0.4, -0.2) is 24.6 Å². The van der Waals surface area contributed by atoms with Crippen LogP contribution in [0.5, 0.6) is 5.75 Å². The van der Waals surface area contributed by atoms with Gasteiger partial charge in [0.2, 0.25) is 0 Å². The normalized spacial score (nSPS) is 11.3. The van der Waals surface area contributed by atoms with E-state index in [-0.39, 0.29) is 0 Å². The Kier molecular flexibility index (Phi) is 5.98. The fourth-order valence-corrected chi connectivity index (χ4v) is 1.48. The molecule has 1 aromatic rings. The maximum Gasteiger partial charge on any atom is 0.272 e. The first-order valence-corrected chi connectivity index (χ1v) is 6.06. The number of aromatic nitrogens is 1. The van der Waals surface area contributed by atoms with Crippen LogP contribution in [0, 0.1) is 12.8 Å². The number of nitrogens with one attached hydrogen (secondary N) is 1. The molecule has 0 saturated heterocycles. The summed E-state index contributed by atoms with van der Waals surface area (Å²) in [4.78, 5) is 4.16. The van der Waals surface area contributed by atoms with Gasteiger partial charge in [0.05, 0.1) is 0 Å². The van der Waals surface area contributed by atoms with Gasteiger partial charge in [0.1, 0.15) is 12.4 Å². The summed E-state index contributed by atoms with van der Waals surface area (Å²) >= 11 is 0. The number of hydrogen-bond donors (Lipinski definition) is 1. The first-order valence-electron chi connectivity index (χ1n) is 6.06. The van der Waals surface area contributed by atoms with Crippen LogP contribution >= 0.6 is 0 Å². The van der Waals surface area contributed by atoms with Crippen LogP contribution in [0.3, 0.4) is 0 Å². The molecular weight excluding hydrogens is 238 g/mol. The highest BCUT2D eigenvalue weighted by Gasteiger charge is 2.09. The van der Waals surface area contributed by atoms with Crippen molar-refractivity contribution in [2.24, 2.45) is 5.92 Å². The lowest BCUT2D eigenvalue weighted by Gasteiger charge is -2.13. The third kappa shape index (κ3) is 5.40. The topological polar surface area (TPSA) is 34.1 Å². The average molecular weight is 258 g/mol. The predicted octanol–water partition coefficient (Wildman–Crippen LogP) is 2.78. The minimum atomic E-state index is -2.46. The van der Waals surface area contributed by atoms with Crippen molar-refractivity contribution in [3.8, 4) is 5.75 Å². The van der Waals surface area contributed by atoms with E-state index in [0.717, 1.165) is 17.8 Å². The van der Waals surface area contributed by atoms with Crippen molar-refractivity contribution >= 4 is 0 Å². The van der Waals surface area contributed by atoms with Gasteiger partial charge < -0.3 is 10.1 Å². The second-order valence-corrected chi connectivity index (χ2v) is 4.66. The van der Waals surface area contributed by atoms with Crippen molar-refractivity contribution in [3.63, 3.8) is 0 Å². The summed E-state index contributed by atoms with van der Waals surface area (Å²) < 4.78 is 29.4. The van der Waals surface area contributed by atoms with Crippen LogP contribution in [0.15, 0.2) is 12.3 Å². The Morgan fingerprint density at radius 3 is 2.72 bits per heavy atom. The Balaban J connectivity index is 2.64. The van der Waals surface area contributed by atoms with Crippen molar-refractivity contribution < 1.29 is 13.5 Å². The number of aryl methyl sites for hydroxylation is 1. The predicted molar refractivity (Wildman–Crippen MR) is 67.0 cm³/mol. The summed E-state index contributed by atoms with van der Waals surface area (Å²) in [5.74, 6) is 1.02. The number of pyridine rings is 1. The van der Waals surface area contributed by atoms with Crippen LogP contribution in [0.25, 0.3) is 0 Å². The van der Waals surface area contributed by atoms with Crippen LogP contribution in [0.4, 0.5) is 8.78 Å². The van der Waals surface area contributed by atoms with Crippen LogP contribution in [-0.2, 0) is 6.54 Å². The lowest BCUT2D eigenvalue weighted by molar-refractivity contribution is 0.0812. The summed E-state index contributed by atoms with van der Waals surface area (Å²) in [6.07, 6.45) is -0.793. The molecule has 0 radical (unpaired) electrons. The Bertz CT molecular complexity index is 370. The molecule has 0 aliphatic heterocycles. The molecule has 102 valence electrons. The van der Waals surface area contributed by atoms with E-state index in [9.17, 15) is 8.78 Å². The van der Waals surface area contributed by atoms with Crippen LogP contribution < -0.4 is 10.1 Å². The van der Waals surface area contributed by atoms with Gasteiger partial charge in [-0.2, -0.15) is 0 Å². The van der Waals surface area contributed by atoms with Crippen molar-refractivity contribution in [2.75, 3.05) is 13.2 Å². The average Bonchev–Trinajstić information content (AvgIpc) is 2.28. The molecule has 1 rings (SSSR count). The van der Waals surface area contributed by atoms with E-state index >= 15 is 0 Å². The van der Waals surface area contributed by atoms with E-state index < -0.39 is 13.0 Å². The zero-order chi connectivity index (χ0) is 13.5. The minimum absolute atomic E-state index is 0.485. The number of alkyl halides is 2. The fraction of sp³-hybridized carbons (Fsp3) is 0.615. The third-order valence-corrected chi connectivity index (χ3v) is 2.31. The van der Waals surface area contributed by atoms with Crippen molar-refractivity contribution in [3.05, 3.63) is 23.5 Å². The van der Waals surface area contributed by atoms with Gasteiger partial charge in [0.15, 0.2) is 0 Å². The molecule has 0 unspecified atom stereocenters. The molecule has 0 spiro atoms. The van der Waals surface area contributed by atoms with E-state index in [2.05, 4.69) is 24.1 Å². The molecule has 3 nitrogen and oxygen atoms in total. The Morgan fingerprint density at radius 1 is 1.39 bits per heavy atom. The maximum absolute atomic E-state index is 12.2. The molecule has 0 amide bonds. The van der Waals surface area contributed by atoms with Gasteiger partial charge >= 0.3 is 0 Å². The highest BCUT2D eigenvalue weighted by atomic mass is 19.3. The van der Waals surface area contributed by atoms with Gasteiger partial charge in [-0.25, -0.2) is 8.78 Å². The third-order valence-electron chi connectivity index (χ3n) is 2.31. The first-order chi connectivity index (χ1) is 8.49. The lowest BCUT2D eigenvalue weighted by atomic mass is 10.2. The molecule has 0 aliphatic rings.